The number of halogens is 1. The van der Waals surface area contributed by atoms with Crippen LogP contribution in [0.2, 0.25) is 0 Å². The molecule has 124 valence electrons. The molecule has 0 atom stereocenters. The summed E-state index contributed by atoms with van der Waals surface area (Å²) in [6, 6.07) is 25.0. The van der Waals surface area contributed by atoms with E-state index < -0.39 is 0 Å². The second-order valence-electron chi connectivity index (χ2n) is 5.55. The van der Waals surface area contributed by atoms with Crippen molar-refractivity contribution in [2.24, 2.45) is 0 Å². The van der Waals surface area contributed by atoms with Gasteiger partial charge in [0, 0.05) is 10.0 Å². The molecule has 0 N–H and O–H groups in total. The smallest absolute Gasteiger partial charge is 0.185 e. The molecule has 0 aromatic heterocycles. The fourth-order valence-electron chi connectivity index (χ4n) is 2.33. The van der Waals surface area contributed by atoms with Crippen LogP contribution in [0.3, 0.4) is 0 Å². The fourth-order valence-corrected chi connectivity index (χ4v) is 2.75. The molecule has 3 aromatic carbocycles. The number of ketones is 1. The summed E-state index contributed by atoms with van der Waals surface area (Å²) in [6.07, 6.45) is 3.40. The van der Waals surface area contributed by atoms with E-state index in [1.807, 2.05) is 72.8 Å². The predicted molar refractivity (Wildman–Crippen MR) is 105 cm³/mol. The summed E-state index contributed by atoms with van der Waals surface area (Å²) in [5, 5.41) is 0. The standard InChI is InChI=1S/C22H17BrO2/c23-20-8-4-7-17(15-20)9-14-22(24)19-10-12-21(13-11-19)25-16-18-5-2-1-3-6-18/h1-15H,16H2. The summed E-state index contributed by atoms with van der Waals surface area (Å²) in [5.74, 6) is 0.714. The molecule has 0 fully saturated rings. The summed E-state index contributed by atoms with van der Waals surface area (Å²) in [6.45, 7) is 0.511. The van der Waals surface area contributed by atoms with E-state index in [0.29, 0.717) is 12.2 Å². The van der Waals surface area contributed by atoms with Gasteiger partial charge in [-0.2, -0.15) is 0 Å². The van der Waals surface area contributed by atoms with Gasteiger partial charge in [0.1, 0.15) is 12.4 Å². The molecule has 0 spiro atoms. The summed E-state index contributed by atoms with van der Waals surface area (Å²) in [7, 11) is 0. The van der Waals surface area contributed by atoms with Crippen LogP contribution in [-0.4, -0.2) is 5.78 Å². The van der Waals surface area contributed by atoms with Crippen molar-refractivity contribution in [2.75, 3.05) is 0 Å². The zero-order valence-corrected chi connectivity index (χ0v) is 15.1. The zero-order valence-electron chi connectivity index (χ0n) is 13.6. The molecule has 0 aliphatic heterocycles. The molecule has 0 bridgehead atoms. The van der Waals surface area contributed by atoms with Crippen molar-refractivity contribution in [1.29, 1.82) is 0 Å². The molecule has 3 heteroatoms. The minimum atomic E-state index is -0.0328. The lowest BCUT2D eigenvalue weighted by atomic mass is 10.1. The Bertz CT molecular complexity index is 868. The quantitative estimate of drug-likeness (QED) is 0.384. The Morgan fingerprint density at radius 1 is 0.920 bits per heavy atom. The number of hydrogen-bond acceptors (Lipinski definition) is 2. The van der Waals surface area contributed by atoms with Gasteiger partial charge in [0.2, 0.25) is 0 Å². The van der Waals surface area contributed by atoms with Crippen LogP contribution in [0.1, 0.15) is 21.5 Å². The van der Waals surface area contributed by atoms with E-state index in [1.165, 1.54) is 0 Å². The van der Waals surface area contributed by atoms with Gasteiger partial charge < -0.3 is 4.74 Å². The summed E-state index contributed by atoms with van der Waals surface area (Å²) < 4.78 is 6.72. The molecule has 3 rings (SSSR count). The molecule has 0 saturated carbocycles. The Labute approximate surface area is 155 Å². The second kappa shape index (κ2) is 8.45. The van der Waals surface area contributed by atoms with Crippen LogP contribution in [-0.2, 0) is 6.61 Å². The van der Waals surface area contributed by atoms with Gasteiger partial charge in [-0.3, -0.25) is 4.79 Å². The highest BCUT2D eigenvalue weighted by molar-refractivity contribution is 9.10. The molecule has 2 nitrogen and oxygen atoms in total. The van der Waals surface area contributed by atoms with Crippen molar-refractivity contribution >= 4 is 27.8 Å². The summed E-state index contributed by atoms with van der Waals surface area (Å²) in [5.41, 5.74) is 2.73. The van der Waals surface area contributed by atoms with Crippen molar-refractivity contribution < 1.29 is 9.53 Å². The van der Waals surface area contributed by atoms with Crippen LogP contribution in [0.15, 0.2) is 89.4 Å². The average Bonchev–Trinajstić information content (AvgIpc) is 2.66. The van der Waals surface area contributed by atoms with Crippen LogP contribution < -0.4 is 4.74 Å². The first-order valence-corrected chi connectivity index (χ1v) is 8.75. The van der Waals surface area contributed by atoms with Gasteiger partial charge in [0.15, 0.2) is 5.78 Å². The molecule has 3 aromatic rings. The monoisotopic (exact) mass is 392 g/mol. The lowest BCUT2D eigenvalue weighted by Crippen LogP contribution is -1.97. The third-order valence-electron chi connectivity index (χ3n) is 3.66. The third kappa shape index (κ3) is 5.16. The Morgan fingerprint density at radius 2 is 1.68 bits per heavy atom. The minimum absolute atomic E-state index is 0.0328. The SMILES string of the molecule is O=C(C=Cc1cccc(Br)c1)c1ccc(OCc2ccccc2)cc1. The molecule has 0 aliphatic rings. The maximum atomic E-state index is 12.3. The Hall–Kier alpha value is -2.65. The largest absolute Gasteiger partial charge is 0.489 e. The van der Waals surface area contributed by atoms with E-state index in [2.05, 4.69) is 15.9 Å². The maximum absolute atomic E-state index is 12.3. The number of rotatable bonds is 6. The Kier molecular flexibility index (Phi) is 5.81. The van der Waals surface area contributed by atoms with Gasteiger partial charge in [-0.25, -0.2) is 0 Å². The summed E-state index contributed by atoms with van der Waals surface area (Å²) >= 11 is 3.42. The van der Waals surface area contributed by atoms with E-state index in [4.69, 9.17) is 4.74 Å². The van der Waals surface area contributed by atoms with Crippen molar-refractivity contribution in [2.45, 2.75) is 6.61 Å². The number of ether oxygens (including phenoxy) is 1. The molecule has 0 radical (unpaired) electrons. The van der Waals surface area contributed by atoms with Gasteiger partial charge in [0.25, 0.3) is 0 Å². The molecule has 0 saturated heterocycles. The lowest BCUT2D eigenvalue weighted by Gasteiger charge is -2.06. The van der Waals surface area contributed by atoms with Crippen LogP contribution in [0.4, 0.5) is 0 Å². The first-order valence-electron chi connectivity index (χ1n) is 7.95. The van der Waals surface area contributed by atoms with Gasteiger partial charge in [-0.05, 0) is 53.6 Å². The molecule has 25 heavy (non-hydrogen) atoms. The van der Waals surface area contributed by atoms with Gasteiger partial charge >= 0.3 is 0 Å². The fraction of sp³-hybridized carbons (Fsp3) is 0.0455. The molecule has 0 aliphatic carbocycles. The number of carbonyl (C=O) groups excluding carboxylic acids is 1. The first-order chi connectivity index (χ1) is 12.2. The number of benzene rings is 3. The van der Waals surface area contributed by atoms with Gasteiger partial charge in [-0.1, -0.05) is 64.5 Å². The van der Waals surface area contributed by atoms with Gasteiger partial charge in [-0.15, -0.1) is 0 Å². The average molecular weight is 393 g/mol. The molecule has 0 heterocycles. The Balaban J connectivity index is 1.60. The maximum Gasteiger partial charge on any atom is 0.185 e. The van der Waals surface area contributed by atoms with Gasteiger partial charge in [0.05, 0.1) is 0 Å². The lowest BCUT2D eigenvalue weighted by molar-refractivity contribution is 0.104. The van der Waals surface area contributed by atoms with Crippen LogP contribution in [0, 0.1) is 0 Å². The number of carbonyl (C=O) groups is 1. The third-order valence-corrected chi connectivity index (χ3v) is 4.16. The van der Waals surface area contributed by atoms with Crippen molar-refractivity contribution in [3.8, 4) is 5.75 Å². The van der Waals surface area contributed by atoms with E-state index in [1.54, 1.807) is 18.2 Å². The highest BCUT2D eigenvalue weighted by Crippen LogP contribution is 2.16. The molecular weight excluding hydrogens is 376 g/mol. The zero-order chi connectivity index (χ0) is 17.5. The topological polar surface area (TPSA) is 26.3 Å². The second-order valence-corrected chi connectivity index (χ2v) is 6.47. The number of allylic oxidation sites excluding steroid dienone is 1. The highest BCUT2D eigenvalue weighted by atomic mass is 79.9. The highest BCUT2D eigenvalue weighted by Gasteiger charge is 2.03. The van der Waals surface area contributed by atoms with Crippen LogP contribution in [0.25, 0.3) is 6.08 Å². The van der Waals surface area contributed by atoms with Crippen LogP contribution >= 0.6 is 15.9 Å². The minimum Gasteiger partial charge on any atom is -0.489 e. The molecule has 0 amide bonds. The van der Waals surface area contributed by atoms with Crippen molar-refractivity contribution in [1.82, 2.24) is 0 Å². The Morgan fingerprint density at radius 3 is 2.40 bits per heavy atom. The van der Waals surface area contributed by atoms with E-state index in [-0.39, 0.29) is 5.78 Å². The first kappa shape index (κ1) is 17.2. The summed E-state index contributed by atoms with van der Waals surface area (Å²) in [4.78, 5) is 12.3. The van der Waals surface area contributed by atoms with Crippen molar-refractivity contribution in [3.63, 3.8) is 0 Å². The van der Waals surface area contributed by atoms with Crippen LogP contribution in [0.5, 0.6) is 5.75 Å². The molecule has 0 unspecified atom stereocenters. The van der Waals surface area contributed by atoms with E-state index in [9.17, 15) is 4.79 Å². The molecular formula is C22H17BrO2. The van der Waals surface area contributed by atoms with E-state index in [0.717, 1.165) is 21.3 Å². The van der Waals surface area contributed by atoms with E-state index >= 15 is 0 Å². The normalized spacial score (nSPS) is 10.8. The van der Waals surface area contributed by atoms with Crippen molar-refractivity contribution in [3.05, 3.63) is 106 Å². The number of hydrogen-bond donors (Lipinski definition) is 0. The predicted octanol–water partition coefficient (Wildman–Crippen LogP) is 5.92.